The molecule has 0 aromatic heterocycles. The largest absolute Gasteiger partial charge is 0.493 e. The minimum Gasteiger partial charge on any atom is -0.493 e. The zero-order chi connectivity index (χ0) is 15.7. The van der Waals surface area contributed by atoms with E-state index in [4.69, 9.17) is 10.5 Å². The molecular formula is C16H24ClFN2O2. The SMILES string of the molecule is CC(C)(C)NC(=O)c1ccc(OC[C@]2(CN)C[C@@H]2F)cc1.Cl. The monoisotopic (exact) mass is 330 g/mol. The number of ether oxygens (including phenoxy) is 1. The average Bonchev–Trinajstić information content (AvgIpc) is 3.06. The smallest absolute Gasteiger partial charge is 0.251 e. The average molecular weight is 331 g/mol. The van der Waals surface area contributed by atoms with Gasteiger partial charge in [-0.2, -0.15) is 0 Å². The zero-order valence-corrected chi connectivity index (χ0v) is 14.0. The van der Waals surface area contributed by atoms with Crippen molar-refractivity contribution in [2.24, 2.45) is 11.1 Å². The summed E-state index contributed by atoms with van der Waals surface area (Å²) >= 11 is 0. The van der Waals surface area contributed by atoms with Crippen molar-refractivity contribution in [3.63, 3.8) is 0 Å². The van der Waals surface area contributed by atoms with E-state index in [9.17, 15) is 9.18 Å². The number of carbonyl (C=O) groups is 1. The molecule has 0 bridgehead atoms. The van der Waals surface area contributed by atoms with E-state index in [2.05, 4.69) is 5.32 Å². The molecule has 0 heterocycles. The molecule has 0 spiro atoms. The van der Waals surface area contributed by atoms with Gasteiger partial charge in [-0.05, 0) is 51.5 Å². The van der Waals surface area contributed by atoms with Gasteiger partial charge in [-0.3, -0.25) is 4.79 Å². The molecule has 1 fully saturated rings. The Morgan fingerprint density at radius 2 is 1.95 bits per heavy atom. The first-order valence-corrected chi connectivity index (χ1v) is 7.15. The number of carbonyl (C=O) groups excluding carboxylic acids is 1. The maximum Gasteiger partial charge on any atom is 0.251 e. The minimum atomic E-state index is -0.862. The number of halogens is 2. The molecule has 2 atom stereocenters. The number of amides is 1. The number of hydrogen-bond donors (Lipinski definition) is 2. The molecule has 1 saturated carbocycles. The number of benzene rings is 1. The molecule has 1 aliphatic rings. The quantitative estimate of drug-likeness (QED) is 0.872. The summed E-state index contributed by atoms with van der Waals surface area (Å²) < 4.78 is 18.8. The second-order valence-corrected chi connectivity index (χ2v) is 6.76. The highest BCUT2D eigenvalue weighted by Gasteiger charge is 2.55. The van der Waals surface area contributed by atoms with Crippen molar-refractivity contribution in [3.05, 3.63) is 29.8 Å². The Balaban J connectivity index is 0.00000242. The topological polar surface area (TPSA) is 64.3 Å². The van der Waals surface area contributed by atoms with Crippen molar-refractivity contribution in [2.45, 2.75) is 38.9 Å². The zero-order valence-electron chi connectivity index (χ0n) is 13.2. The number of hydrogen-bond acceptors (Lipinski definition) is 3. The Morgan fingerprint density at radius 1 is 1.41 bits per heavy atom. The van der Waals surface area contributed by atoms with Crippen LogP contribution in [0.5, 0.6) is 5.75 Å². The third-order valence-electron chi connectivity index (χ3n) is 3.63. The van der Waals surface area contributed by atoms with Crippen LogP contribution in [0.2, 0.25) is 0 Å². The van der Waals surface area contributed by atoms with E-state index in [0.29, 0.717) is 24.3 Å². The first-order valence-electron chi connectivity index (χ1n) is 7.15. The molecule has 0 unspecified atom stereocenters. The van der Waals surface area contributed by atoms with Crippen molar-refractivity contribution >= 4 is 18.3 Å². The van der Waals surface area contributed by atoms with Crippen LogP contribution in [0.25, 0.3) is 0 Å². The molecule has 0 radical (unpaired) electrons. The summed E-state index contributed by atoms with van der Waals surface area (Å²) in [6, 6.07) is 6.84. The Kier molecular flexibility index (Phi) is 5.82. The second-order valence-electron chi connectivity index (χ2n) is 6.76. The van der Waals surface area contributed by atoms with Gasteiger partial charge in [0, 0.05) is 17.6 Å². The molecule has 3 N–H and O–H groups in total. The maximum atomic E-state index is 13.2. The van der Waals surface area contributed by atoms with E-state index < -0.39 is 11.6 Å². The molecule has 1 aromatic rings. The van der Waals surface area contributed by atoms with Gasteiger partial charge in [-0.25, -0.2) is 4.39 Å². The molecule has 6 heteroatoms. The first kappa shape index (κ1) is 18.7. The summed E-state index contributed by atoms with van der Waals surface area (Å²) in [5, 5.41) is 2.89. The fourth-order valence-electron chi connectivity index (χ4n) is 2.06. The molecule has 0 saturated heterocycles. The lowest BCUT2D eigenvalue weighted by atomic mass is 10.1. The summed E-state index contributed by atoms with van der Waals surface area (Å²) in [6.45, 7) is 6.35. The van der Waals surface area contributed by atoms with E-state index in [-0.39, 0.29) is 30.5 Å². The molecule has 0 aliphatic heterocycles. The predicted octanol–water partition coefficient (Wildman–Crippen LogP) is 2.70. The van der Waals surface area contributed by atoms with Crippen molar-refractivity contribution in [1.82, 2.24) is 5.32 Å². The van der Waals surface area contributed by atoms with Crippen molar-refractivity contribution in [2.75, 3.05) is 13.2 Å². The van der Waals surface area contributed by atoms with Gasteiger partial charge in [0.2, 0.25) is 0 Å². The lowest BCUT2D eigenvalue weighted by molar-refractivity contribution is 0.0919. The molecule has 124 valence electrons. The third kappa shape index (κ3) is 4.58. The number of alkyl halides is 1. The lowest BCUT2D eigenvalue weighted by Crippen LogP contribution is -2.40. The van der Waals surface area contributed by atoms with Crippen molar-refractivity contribution in [1.29, 1.82) is 0 Å². The highest BCUT2D eigenvalue weighted by Crippen LogP contribution is 2.47. The highest BCUT2D eigenvalue weighted by atomic mass is 35.5. The standard InChI is InChI=1S/C16H23FN2O2.ClH/c1-15(2,3)19-14(20)11-4-6-12(7-5-11)21-10-16(9-18)8-13(16)17;/h4-7,13H,8-10,18H2,1-3H3,(H,19,20);1H/t13-,16+;/m0./s1. The van der Waals surface area contributed by atoms with Crippen LogP contribution in [0.3, 0.4) is 0 Å². The van der Waals surface area contributed by atoms with Gasteiger partial charge < -0.3 is 15.8 Å². The first-order chi connectivity index (χ1) is 9.76. The Labute approximate surface area is 137 Å². The number of nitrogens with one attached hydrogen (secondary N) is 1. The van der Waals surface area contributed by atoms with Gasteiger partial charge in [0.1, 0.15) is 11.9 Å². The van der Waals surface area contributed by atoms with E-state index >= 15 is 0 Å². The van der Waals surface area contributed by atoms with Crippen LogP contribution < -0.4 is 15.8 Å². The van der Waals surface area contributed by atoms with E-state index in [1.807, 2.05) is 20.8 Å². The molecule has 1 amide bonds. The maximum absolute atomic E-state index is 13.2. The second kappa shape index (κ2) is 6.84. The fourth-order valence-corrected chi connectivity index (χ4v) is 2.06. The Morgan fingerprint density at radius 3 is 2.36 bits per heavy atom. The Hall–Kier alpha value is -1.33. The van der Waals surface area contributed by atoms with Crippen LogP contribution in [0.1, 0.15) is 37.6 Å². The van der Waals surface area contributed by atoms with Gasteiger partial charge in [0.25, 0.3) is 5.91 Å². The van der Waals surface area contributed by atoms with Crippen LogP contribution >= 0.6 is 12.4 Å². The normalized spacial score (nSPS) is 23.4. The minimum absolute atomic E-state index is 0. The third-order valence-corrected chi connectivity index (χ3v) is 3.63. The van der Waals surface area contributed by atoms with Crippen LogP contribution in [0, 0.1) is 5.41 Å². The van der Waals surface area contributed by atoms with Crippen molar-refractivity contribution in [3.8, 4) is 5.75 Å². The van der Waals surface area contributed by atoms with Crippen LogP contribution in [-0.4, -0.2) is 30.8 Å². The van der Waals surface area contributed by atoms with Gasteiger partial charge in [-0.1, -0.05) is 0 Å². The van der Waals surface area contributed by atoms with E-state index in [1.54, 1.807) is 24.3 Å². The molecule has 2 rings (SSSR count). The summed E-state index contributed by atoms with van der Waals surface area (Å²) in [5.41, 5.74) is 5.36. The Bertz CT molecular complexity index is 512. The number of rotatable bonds is 5. The van der Waals surface area contributed by atoms with Crippen molar-refractivity contribution < 1.29 is 13.9 Å². The summed E-state index contributed by atoms with van der Waals surface area (Å²) in [7, 11) is 0. The van der Waals surface area contributed by atoms with Gasteiger partial charge in [-0.15, -0.1) is 12.4 Å². The predicted molar refractivity (Wildman–Crippen MR) is 87.4 cm³/mol. The van der Waals surface area contributed by atoms with Gasteiger partial charge >= 0.3 is 0 Å². The molecule has 1 aliphatic carbocycles. The van der Waals surface area contributed by atoms with E-state index in [0.717, 1.165) is 0 Å². The van der Waals surface area contributed by atoms with Crippen LogP contribution in [0.4, 0.5) is 4.39 Å². The van der Waals surface area contributed by atoms with Crippen LogP contribution in [0.15, 0.2) is 24.3 Å². The number of nitrogens with two attached hydrogens (primary N) is 1. The molecule has 22 heavy (non-hydrogen) atoms. The molecule has 1 aromatic carbocycles. The highest BCUT2D eigenvalue weighted by molar-refractivity contribution is 5.94. The summed E-state index contributed by atoms with van der Waals surface area (Å²) in [6.07, 6.45) is -0.394. The summed E-state index contributed by atoms with van der Waals surface area (Å²) in [4.78, 5) is 12.0. The fraction of sp³-hybridized carbons (Fsp3) is 0.562. The lowest BCUT2D eigenvalue weighted by Gasteiger charge is -2.20. The molecular weight excluding hydrogens is 307 g/mol. The van der Waals surface area contributed by atoms with Gasteiger partial charge in [0.05, 0.1) is 12.0 Å². The van der Waals surface area contributed by atoms with Gasteiger partial charge in [0.15, 0.2) is 0 Å². The molecule has 4 nitrogen and oxygen atoms in total. The van der Waals surface area contributed by atoms with E-state index in [1.165, 1.54) is 0 Å². The summed E-state index contributed by atoms with van der Waals surface area (Å²) in [5.74, 6) is 0.493. The van der Waals surface area contributed by atoms with Crippen LogP contribution in [-0.2, 0) is 0 Å².